The number of H-pyrrole nitrogens is 1. The number of ether oxygens (including phenoxy) is 2. The third-order valence-electron chi connectivity index (χ3n) is 4.96. The lowest BCUT2D eigenvalue weighted by Gasteiger charge is -2.24. The molecule has 0 aliphatic carbocycles. The lowest BCUT2D eigenvalue weighted by atomic mass is 10.2. The van der Waals surface area contributed by atoms with Gasteiger partial charge in [0, 0.05) is 13.1 Å². The molecule has 3 aromatic rings. The van der Waals surface area contributed by atoms with Gasteiger partial charge in [-0.1, -0.05) is 36.3 Å². The number of aromatic amines is 1. The van der Waals surface area contributed by atoms with E-state index in [0.29, 0.717) is 33.0 Å². The Balaban J connectivity index is 1.86. The summed E-state index contributed by atoms with van der Waals surface area (Å²) in [6.07, 6.45) is 4.17. The number of terminal acetylenes is 1. The highest BCUT2D eigenvalue weighted by molar-refractivity contribution is 7.20. The molecule has 0 saturated heterocycles. The molecule has 180 valence electrons. The van der Waals surface area contributed by atoms with Gasteiger partial charge < -0.3 is 19.6 Å². The summed E-state index contributed by atoms with van der Waals surface area (Å²) in [6, 6.07) is 9.80. The molecule has 0 aliphatic heterocycles. The molecule has 34 heavy (non-hydrogen) atoms. The molecule has 1 aromatic carbocycles. The Bertz CT molecular complexity index is 1210. The minimum atomic E-state index is -0.770. The Morgan fingerprint density at radius 2 is 2.03 bits per heavy atom. The molecule has 2 N–H and O–H groups in total. The number of nitrogens with zero attached hydrogens (tertiary/aromatic N) is 2. The Morgan fingerprint density at radius 1 is 1.29 bits per heavy atom. The third-order valence-corrected chi connectivity index (χ3v) is 6.13. The lowest BCUT2D eigenvalue weighted by Crippen LogP contribution is -2.35. The molecule has 8 nitrogen and oxygen atoms in total. The van der Waals surface area contributed by atoms with Crippen LogP contribution in [0.25, 0.3) is 10.2 Å². The maximum atomic E-state index is 12.9. The van der Waals surface area contributed by atoms with Gasteiger partial charge in [-0.3, -0.25) is 9.69 Å². The van der Waals surface area contributed by atoms with Crippen LogP contribution in [0.1, 0.15) is 40.5 Å². The number of aliphatic hydroxyl groups excluding tert-OH is 1. The quantitative estimate of drug-likeness (QED) is 0.245. The van der Waals surface area contributed by atoms with E-state index in [2.05, 4.69) is 15.9 Å². The van der Waals surface area contributed by atoms with Crippen molar-refractivity contribution in [1.82, 2.24) is 14.9 Å². The van der Waals surface area contributed by atoms with E-state index < -0.39 is 12.1 Å². The minimum absolute atomic E-state index is 0.101. The van der Waals surface area contributed by atoms with Gasteiger partial charge in [0.25, 0.3) is 5.56 Å². The van der Waals surface area contributed by atoms with Crippen LogP contribution in [-0.4, -0.2) is 57.9 Å². The van der Waals surface area contributed by atoms with Gasteiger partial charge in [0.05, 0.1) is 30.7 Å². The number of thiophene rings is 1. The van der Waals surface area contributed by atoms with Gasteiger partial charge in [0.1, 0.15) is 22.1 Å². The molecule has 0 bridgehead atoms. The topological polar surface area (TPSA) is 105 Å². The number of fused-ring (bicyclic) bond motifs is 1. The van der Waals surface area contributed by atoms with Gasteiger partial charge in [-0.2, -0.15) is 0 Å². The molecule has 0 amide bonds. The number of aromatic nitrogens is 2. The fraction of sp³-hybridized carbons (Fsp3) is 0.400. The molecule has 0 fully saturated rings. The number of aryl methyl sites for hydroxylation is 1. The Kier molecular flexibility index (Phi) is 8.96. The highest BCUT2D eigenvalue weighted by Crippen LogP contribution is 2.28. The molecule has 2 heterocycles. The van der Waals surface area contributed by atoms with E-state index in [-0.39, 0.29) is 38.0 Å². The predicted octanol–water partition coefficient (Wildman–Crippen LogP) is 2.87. The normalized spacial score (nSPS) is 12.3. The van der Waals surface area contributed by atoms with Crippen molar-refractivity contribution < 1.29 is 19.4 Å². The second-order valence-corrected chi connectivity index (χ2v) is 9.23. The van der Waals surface area contributed by atoms with E-state index in [1.165, 1.54) is 0 Å². The van der Waals surface area contributed by atoms with E-state index in [4.69, 9.17) is 15.9 Å². The zero-order valence-electron chi connectivity index (χ0n) is 19.5. The first-order chi connectivity index (χ1) is 16.3. The van der Waals surface area contributed by atoms with Gasteiger partial charge in [-0.25, -0.2) is 9.78 Å². The third kappa shape index (κ3) is 6.74. The molecule has 1 unspecified atom stereocenters. The first-order valence-corrected chi connectivity index (χ1v) is 11.8. The van der Waals surface area contributed by atoms with Crippen LogP contribution in [0, 0.1) is 19.3 Å². The summed E-state index contributed by atoms with van der Waals surface area (Å²) in [7, 11) is 0. The number of rotatable bonds is 11. The minimum Gasteiger partial charge on any atom is -0.459 e. The van der Waals surface area contributed by atoms with Crippen molar-refractivity contribution in [3.8, 4) is 12.3 Å². The van der Waals surface area contributed by atoms with Gasteiger partial charge >= 0.3 is 5.97 Å². The number of aliphatic hydroxyl groups is 1. The van der Waals surface area contributed by atoms with Gasteiger partial charge in [0.15, 0.2) is 0 Å². The van der Waals surface area contributed by atoms with E-state index in [9.17, 15) is 14.7 Å². The van der Waals surface area contributed by atoms with Crippen molar-refractivity contribution in [2.45, 2.75) is 46.1 Å². The SMILES string of the molecule is C#CCOCC(O)CN(Cc1ccccc1)Cc1nc2sc(C(=O)OC(C)C)c(C)c2c(=O)[nH]1. The summed E-state index contributed by atoms with van der Waals surface area (Å²) in [6.45, 7) is 6.61. The maximum Gasteiger partial charge on any atom is 0.348 e. The van der Waals surface area contributed by atoms with Crippen molar-refractivity contribution in [2.24, 2.45) is 0 Å². The van der Waals surface area contributed by atoms with Gasteiger partial charge in [0.2, 0.25) is 0 Å². The van der Waals surface area contributed by atoms with Crippen LogP contribution >= 0.6 is 11.3 Å². The highest BCUT2D eigenvalue weighted by atomic mass is 32.1. The lowest BCUT2D eigenvalue weighted by molar-refractivity contribution is 0.0238. The molecule has 0 saturated carbocycles. The number of hydrogen-bond donors (Lipinski definition) is 2. The average Bonchev–Trinajstić information content (AvgIpc) is 3.11. The number of hydrogen-bond acceptors (Lipinski definition) is 8. The number of nitrogens with one attached hydrogen (secondary N) is 1. The van der Waals surface area contributed by atoms with E-state index >= 15 is 0 Å². The number of benzene rings is 1. The highest BCUT2D eigenvalue weighted by Gasteiger charge is 2.22. The van der Waals surface area contributed by atoms with Crippen LogP contribution < -0.4 is 5.56 Å². The van der Waals surface area contributed by atoms with Crippen LogP contribution in [0.5, 0.6) is 0 Å². The Hall–Kier alpha value is -3.03. The van der Waals surface area contributed by atoms with E-state index in [1.54, 1.807) is 20.8 Å². The summed E-state index contributed by atoms with van der Waals surface area (Å²) in [5.41, 5.74) is 1.30. The zero-order chi connectivity index (χ0) is 24.7. The molecule has 0 spiro atoms. The van der Waals surface area contributed by atoms with Crippen molar-refractivity contribution in [2.75, 3.05) is 19.8 Å². The number of carbonyl (C=O) groups is 1. The summed E-state index contributed by atoms with van der Waals surface area (Å²) < 4.78 is 10.6. The molecular formula is C25H29N3O5S. The van der Waals surface area contributed by atoms with Crippen molar-refractivity contribution in [3.63, 3.8) is 0 Å². The monoisotopic (exact) mass is 483 g/mol. The van der Waals surface area contributed by atoms with Crippen molar-refractivity contribution >= 4 is 27.5 Å². The van der Waals surface area contributed by atoms with E-state index in [0.717, 1.165) is 16.9 Å². The Labute approximate surface area is 202 Å². The Morgan fingerprint density at radius 3 is 2.71 bits per heavy atom. The van der Waals surface area contributed by atoms with Gasteiger partial charge in [-0.05, 0) is 31.9 Å². The smallest absolute Gasteiger partial charge is 0.348 e. The molecular weight excluding hydrogens is 454 g/mol. The summed E-state index contributed by atoms with van der Waals surface area (Å²) >= 11 is 1.15. The van der Waals surface area contributed by atoms with Crippen molar-refractivity contribution in [3.05, 3.63) is 62.5 Å². The standard InChI is InChI=1S/C25H29N3O5S/c1-5-11-32-15-19(29)13-28(12-18-9-7-6-8-10-18)14-20-26-23(30)21-17(4)22(34-24(21)27-20)25(31)33-16(2)3/h1,6-10,16,19,29H,11-15H2,2-4H3,(H,26,27,30). The summed E-state index contributed by atoms with van der Waals surface area (Å²) in [5, 5.41) is 10.8. The molecule has 0 aliphatic rings. The summed E-state index contributed by atoms with van der Waals surface area (Å²) in [4.78, 5) is 35.6. The first kappa shape index (κ1) is 25.6. The second kappa shape index (κ2) is 11.9. The molecule has 2 aromatic heterocycles. The fourth-order valence-corrected chi connectivity index (χ4v) is 4.65. The van der Waals surface area contributed by atoms with E-state index in [1.807, 2.05) is 35.2 Å². The molecule has 9 heteroatoms. The van der Waals surface area contributed by atoms with Crippen LogP contribution in [0.3, 0.4) is 0 Å². The number of esters is 1. The molecule has 0 radical (unpaired) electrons. The van der Waals surface area contributed by atoms with Crippen LogP contribution in [0.4, 0.5) is 0 Å². The van der Waals surface area contributed by atoms with Crippen molar-refractivity contribution in [1.29, 1.82) is 0 Å². The van der Waals surface area contributed by atoms with Crippen LogP contribution in [-0.2, 0) is 22.6 Å². The van der Waals surface area contributed by atoms with Gasteiger partial charge in [-0.15, -0.1) is 17.8 Å². The predicted molar refractivity (Wildman–Crippen MR) is 132 cm³/mol. The first-order valence-electron chi connectivity index (χ1n) is 11.0. The molecule has 3 rings (SSSR count). The van der Waals surface area contributed by atoms with Crippen LogP contribution in [0.2, 0.25) is 0 Å². The average molecular weight is 484 g/mol. The second-order valence-electron chi connectivity index (χ2n) is 8.23. The zero-order valence-corrected chi connectivity index (χ0v) is 20.4. The number of carbonyl (C=O) groups excluding carboxylic acids is 1. The molecule has 1 atom stereocenters. The fourth-order valence-electron chi connectivity index (χ4n) is 3.57. The maximum absolute atomic E-state index is 12.9. The van der Waals surface area contributed by atoms with Crippen LogP contribution in [0.15, 0.2) is 35.1 Å². The largest absolute Gasteiger partial charge is 0.459 e. The summed E-state index contributed by atoms with van der Waals surface area (Å²) in [5.74, 6) is 2.35.